The van der Waals surface area contributed by atoms with E-state index in [1.165, 1.54) is 11.8 Å². The molecule has 0 saturated heterocycles. The molecule has 2 aromatic heterocycles. The van der Waals surface area contributed by atoms with Gasteiger partial charge in [-0.15, -0.1) is 10.2 Å². The van der Waals surface area contributed by atoms with Crippen LogP contribution in [0.2, 0.25) is 0 Å². The number of hydrogen-bond donors (Lipinski definition) is 1. The van der Waals surface area contributed by atoms with E-state index in [2.05, 4.69) is 15.2 Å². The van der Waals surface area contributed by atoms with Crippen LogP contribution in [0.4, 0.5) is 0 Å². The SMILES string of the molecule is COc1ccc(-n2cnnc2SCC(=O)c2c[nH]c3ccccc23)cc1. The van der Waals surface area contributed by atoms with Crippen molar-refractivity contribution in [2.24, 2.45) is 0 Å². The maximum Gasteiger partial charge on any atom is 0.196 e. The fraction of sp³-hybridized carbons (Fsp3) is 0.105. The lowest BCUT2D eigenvalue weighted by Crippen LogP contribution is -2.03. The molecule has 1 N–H and O–H groups in total. The van der Waals surface area contributed by atoms with Crippen molar-refractivity contribution >= 4 is 28.4 Å². The Bertz CT molecular complexity index is 1050. The summed E-state index contributed by atoms with van der Waals surface area (Å²) in [7, 11) is 1.63. The molecule has 0 aliphatic rings. The van der Waals surface area contributed by atoms with Crippen molar-refractivity contribution in [1.29, 1.82) is 0 Å². The summed E-state index contributed by atoms with van der Waals surface area (Å²) >= 11 is 1.37. The Morgan fingerprint density at radius 3 is 2.81 bits per heavy atom. The van der Waals surface area contributed by atoms with Gasteiger partial charge in [-0.05, 0) is 30.3 Å². The van der Waals surface area contributed by atoms with E-state index in [4.69, 9.17) is 4.74 Å². The smallest absolute Gasteiger partial charge is 0.196 e. The second-order valence-electron chi connectivity index (χ2n) is 5.64. The highest BCUT2D eigenvalue weighted by atomic mass is 32.2. The van der Waals surface area contributed by atoms with Gasteiger partial charge in [0.15, 0.2) is 10.9 Å². The zero-order valence-corrected chi connectivity index (χ0v) is 14.9. The molecule has 2 aromatic carbocycles. The number of para-hydroxylation sites is 1. The summed E-state index contributed by atoms with van der Waals surface area (Å²) in [5.74, 6) is 1.12. The maximum atomic E-state index is 12.6. The second kappa shape index (κ2) is 7.05. The van der Waals surface area contributed by atoms with Crippen molar-refractivity contribution in [3.8, 4) is 11.4 Å². The molecule has 0 amide bonds. The highest BCUT2D eigenvalue weighted by Crippen LogP contribution is 2.24. The number of aromatic amines is 1. The summed E-state index contributed by atoms with van der Waals surface area (Å²) in [6.45, 7) is 0. The number of ether oxygens (including phenoxy) is 1. The van der Waals surface area contributed by atoms with Gasteiger partial charge in [0.1, 0.15) is 12.1 Å². The van der Waals surface area contributed by atoms with Gasteiger partial charge >= 0.3 is 0 Å². The van der Waals surface area contributed by atoms with E-state index in [1.807, 2.05) is 53.1 Å². The van der Waals surface area contributed by atoms with Gasteiger partial charge in [-0.3, -0.25) is 9.36 Å². The Hall–Kier alpha value is -3.06. The summed E-state index contributed by atoms with van der Waals surface area (Å²) in [6, 6.07) is 15.4. The van der Waals surface area contributed by atoms with E-state index < -0.39 is 0 Å². The number of hydrogen-bond acceptors (Lipinski definition) is 5. The molecular formula is C19H16N4O2S. The lowest BCUT2D eigenvalue weighted by atomic mass is 10.1. The van der Waals surface area contributed by atoms with Crippen LogP contribution in [-0.4, -0.2) is 38.4 Å². The average molecular weight is 364 g/mol. The van der Waals surface area contributed by atoms with Crippen LogP contribution in [0, 0.1) is 0 Å². The van der Waals surface area contributed by atoms with Gasteiger partial charge in [0, 0.05) is 28.4 Å². The first-order valence-electron chi connectivity index (χ1n) is 8.03. The van der Waals surface area contributed by atoms with Gasteiger partial charge in [-0.25, -0.2) is 0 Å². The molecule has 6 nitrogen and oxygen atoms in total. The van der Waals surface area contributed by atoms with Gasteiger partial charge in [0.05, 0.1) is 12.9 Å². The zero-order valence-electron chi connectivity index (χ0n) is 14.0. The van der Waals surface area contributed by atoms with Crippen LogP contribution >= 0.6 is 11.8 Å². The Morgan fingerprint density at radius 2 is 2.00 bits per heavy atom. The minimum Gasteiger partial charge on any atom is -0.497 e. The summed E-state index contributed by atoms with van der Waals surface area (Å²) in [4.78, 5) is 15.8. The highest BCUT2D eigenvalue weighted by molar-refractivity contribution is 7.99. The first-order valence-corrected chi connectivity index (χ1v) is 9.01. The molecule has 0 aliphatic carbocycles. The molecule has 2 heterocycles. The maximum absolute atomic E-state index is 12.6. The number of nitrogens with zero attached hydrogens (tertiary/aromatic N) is 3. The highest BCUT2D eigenvalue weighted by Gasteiger charge is 2.15. The monoisotopic (exact) mass is 364 g/mol. The van der Waals surface area contributed by atoms with Crippen molar-refractivity contribution in [1.82, 2.24) is 19.7 Å². The van der Waals surface area contributed by atoms with E-state index in [-0.39, 0.29) is 11.5 Å². The number of H-pyrrole nitrogens is 1. The molecule has 0 bridgehead atoms. The Kier molecular flexibility index (Phi) is 4.45. The van der Waals surface area contributed by atoms with Crippen LogP contribution in [-0.2, 0) is 0 Å². The Balaban J connectivity index is 1.52. The predicted octanol–water partition coefficient (Wildman–Crippen LogP) is 3.73. The molecule has 4 aromatic rings. The van der Waals surface area contributed by atoms with Gasteiger partial charge in [0.2, 0.25) is 0 Å². The molecule has 26 heavy (non-hydrogen) atoms. The molecular weight excluding hydrogens is 348 g/mol. The quantitative estimate of drug-likeness (QED) is 0.417. The third kappa shape index (κ3) is 3.09. The number of carbonyl (C=O) groups is 1. The van der Waals surface area contributed by atoms with E-state index in [9.17, 15) is 4.79 Å². The molecule has 0 spiro atoms. The molecule has 130 valence electrons. The molecule has 0 aliphatic heterocycles. The van der Waals surface area contributed by atoms with Crippen molar-refractivity contribution in [3.63, 3.8) is 0 Å². The summed E-state index contributed by atoms with van der Waals surface area (Å²) in [5, 5.41) is 9.72. The summed E-state index contributed by atoms with van der Waals surface area (Å²) in [5.41, 5.74) is 2.57. The number of fused-ring (bicyclic) bond motifs is 1. The van der Waals surface area contributed by atoms with Crippen molar-refractivity contribution in [3.05, 3.63) is 66.6 Å². The standard InChI is InChI=1S/C19H16N4O2S/c1-25-14-8-6-13(7-9-14)23-12-21-22-19(23)26-11-18(24)16-10-20-17-5-3-2-4-15(16)17/h2-10,12,20H,11H2,1H3. The van der Waals surface area contributed by atoms with Crippen LogP contribution in [0.25, 0.3) is 16.6 Å². The number of methoxy groups -OCH3 is 1. The first kappa shape index (κ1) is 16.4. The van der Waals surface area contributed by atoms with Crippen molar-refractivity contribution in [2.45, 2.75) is 5.16 Å². The van der Waals surface area contributed by atoms with Gasteiger partial charge in [0.25, 0.3) is 0 Å². The average Bonchev–Trinajstić information content (AvgIpc) is 3.33. The molecule has 0 fully saturated rings. The number of carbonyl (C=O) groups excluding carboxylic acids is 1. The minimum absolute atomic E-state index is 0.0525. The number of ketones is 1. The van der Waals surface area contributed by atoms with E-state index in [0.29, 0.717) is 10.7 Å². The summed E-state index contributed by atoms with van der Waals surface area (Å²) in [6.07, 6.45) is 3.40. The molecule has 4 rings (SSSR count). The van der Waals surface area contributed by atoms with E-state index in [1.54, 1.807) is 19.6 Å². The Morgan fingerprint density at radius 1 is 1.19 bits per heavy atom. The van der Waals surface area contributed by atoms with Gasteiger partial charge in [-0.2, -0.15) is 0 Å². The number of aromatic nitrogens is 4. The van der Waals surface area contributed by atoms with E-state index in [0.717, 1.165) is 22.3 Å². The molecule has 0 radical (unpaired) electrons. The fourth-order valence-corrected chi connectivity index (χ4v) is 3.57. The first-order chi connectivity index (χ1) is 12.8. The fourth-order valence-electron chi connectivity index (χ4n) is 2.75. The summed E-state index contributed by atoms with van der Waals surface area (Å²) < 4.78 is 7.03. The predicted molar refractivity (Wildman–Crippen MR) is 101 cm³/mol. The van der Waals surface area contributed by atoms with Crippen LogP contribution in [0.5, 0.6) is 5.75 Å². The Labute approximate surface area is 154 Å². The van der Waals surface area contributed by atoms with E-state index >= 15 is 0 Å². The zero-order chi connectivity index (χ0) is 17.9. The molecule has 0 atom stereocenters. The molecule has 7 heteroatoms. The van der Waals surface area contributed by atoms with Crippen LogP contribution in [0.15, 0.2) is 66.2 Å². The van der Waals surface area contributed by atoms with Gasteiger partial charge in [-0.1, -0.05) is 30.0 Å². The van der Waals surface area contributed by atoms with Crippen LogP contribution in [0.1, 0.15) is 10.4 Å². The topological polar surface area (TPSA) is 72.8 Å². The normalized spacial score (nSPS) is 11.0. The number of thioether (sulfide) groups is 1. The minimum atomic E-state index is 0.0525. The largest absolute Gasteiger partial charge is 0.497 e. The van der Waals surface area contributed by atoms with Crippen LogP contribution in [0.3, 0.4) is 0 Å². The number of rotatable bonds is 6. The lowest BCUT2D eigenvalue weighted by Gasteiger charge is -2.07. The lowest BCUT2D eigenvalue weighted by molar-refractivity contribution is 0.102. The third-order valence-corrected chi connectivity index (χ3v) is 5.03. The molecule has 0 unspecified atom stereocenters. The number of benzene rings is 2. The van der Waals surface area contributed by atoms with Crippen LogP contribution < -0.4 is 4.74 Å². The second-order valence-corrected chi connectivity index (χ2v) is 6.58. The van der Waals surface area contributed by atoms with Crippen molar-refractivity contribution < 1.29 is 9.53 Å². The van der Waals surface area contributed by atoms with Gasteiger partial charge < -0.3 is 9.72 Å². The number of Topliss-reactive ketones (excluding diaryl/α,β-unsaturated/α-hetero) is 1. The third-order valence-electron chi connectivity index (χ3n) is 4.09. The molecule has 0 saturated carbocycles. The number of nitrogens with one attached hydrogen (secondary N) is 1. The van der Waals surface area contributed by atoms with Crippen molar-refractivity contribution in [2.75, 3.05) is 12.9 Å².